The molecule has 0 amide bonds. The maximum absolute atomic E-state index is 12.5. The van der Waals surface area contributed by atoms with E-state index in [2.05, 4.69) is 0 Å². The first-order chi connectivity index (χ1) is 8.91. The third-order valence-corrected chi connectivity index (χ3v) is 5.67. The van der Waals surface area contributed by atoms with Gasteiger partial charge < -0.3 is 5.73 Å². The Morgan fingerprint density at radius 2 is 2.05 bits per heavy atom. The summed E-state index contributed by atoms with van der Waals surface area (Å²) in [7, 11) is -1.89. The molecule has 102 valence electrons. The molecule has 0 atom stereocenters. The predicted molar refractivity (Wildman–Crippen MR) is 78.6 cm³/mol. The first-order valence-corrected chi connectivity index (χ1v) is 8.08. The van der Waals surface area contributed by atoms with E-state index in [1.807, 2.05) is 17.5 Å². The van der Waals surface area contributed by atoms with Gasteiger partial charge in [0.25, 0.3) is 0 Å². The lowest BCUT2D eigenvalue weighted by Gasteiger charge is -2.18. The highest BCUT2D eigenvalue weighted by Crippen LogP contribution is 2.23. The fraction of sp³-hybridized carbons (Fsp3) is 0.231. The highest BCUT2D eigenvalue weighted by atomic mass is 32.2. The van der Waals surface area contributed by atoms with Gasteiger partial charge in [0, 0.05) is 24.2 Å². The highest BCUT2D eigenvalue weighted by molar-refractivity contribution is 7.89. The fourth-order valence-corrected chi connectivity index (χ4v) is 4.03. The quantitative estimate of drug-likeness (QED) is 0.882. The zero-order chi connectivity index (χ0) is 14.0. The number of nitrogens with zero attached hydrogens (tertiary/aromatic N) is 1. The number of nitrogen functional groups attached to an aromatic ring is 1. The molecule has 0 aliphatic carbocycles. The van der Waals surface area contributed by atoms with Gasteiger partial charge in [-0.25, -0.2) is 8.42 Å². The average molecular weight is 296 g/mol. The zero-order valence-corrected chi connectivity index (χ0v) is 12.5. The second kappa shape index (κ2) is 5.32. The van der Waals surface area contributed by atoms with Crippen LogP contribution >= 0.6 is 11.3 Å². The summed E-state index contributed by atoms with van der Waals surface area (Å²) in [5.41, 5.74) is 6.88. The molecule has 19 heavy (non-hydrogen) atoms. The Labute approximate surface area is 117 Å². The Morgan fingerprint density at radius 1 is 1.32 bits per heavy atom. The summed E-state index contributed by atoms with van der Waals surface area (Å²) < 4.78 is 26.3. The van der Waals surface area contributed by atoms with Crippen molar-refractivity contribution in [1.82, 2.24) is 4.31 Å². The van der Waals surface area contributed by atoms with Crippen LogP contribution in [0.25, 0.3) is 0 Å². The number of nitrogens with two attached hydrogens (primary N) is 1. The summed E-state index contributed by atoms with van der Waals surface area (Å²) >= 11 is 1.54. The molecular formula is C13H16N2O2S2. The molecule has 0 bridgehead atoms. The lowest BCUT2D eigenvalue weighted by Crippen LogP contribution is -2.26. The molecule has 0 radical (unpaired) electrons. The van der Waals surface area contributed by atoms with E-state index in [0.29, 0.717) is 22.7 Å². The summed E-state index contributed by atoms with van der Waals surface area (Å²) in [6.07, 6.45) is 0. The van der Waals surface area contributed by atoms with Gasteiger partial charge in [-0.3, -0.25) is 0 Å². The van der Waals surface area contributed by atoms with Crippen LogP contribution in [0.2, 0.25) is 0 Å². The molecular weight excluding hydrogens is 280 g/mol. The van der Waals surface area contributed by atoms with E-state index in [1.165, 1.54) is 4.31 Å². The molecule has 0 unspecified atom stereocenters. The molecule has 2 N–H and O–H groups in total. The number of hydrogen-bond acceptors (Lipinski definition) is 4. The number of anilines is 1. The van der Waals surface area contributed by atoms with Crippen LogP contribution in [0.3, 0.4) is 0 Å². The van der Waals surface area contributed by atoms with E-state index in [1.54, 1.807) is 43.5 Å². The Morgan fingerprint density at radius 3 is 2.63 bits per heavy atom. The van der Waals surface area contributed by atoms with E-state index in [0.717, 1.165) is 4.88 Å². The van der Waals surface area contributed by atoms with E-state index in [-0.39, 0.29) is 0 Å². The molecule has 4 nitrogen and oxygen atoms in total. The van der Waals surface area contributed by atoms with Crippen molar-refractivity contribution in [2.24, 2.45) is 0 Å². The fourth-order valence-electron chi connectivity index (χ4n) is 1.84. The second-order valence-corrected chi connectivity index (χ2v) is 7.41. The minimum atomic E-state index is -3.48. The van der Waals surface area contributed by atoms with Crippen molar-refractivity contribution in [1.29, 1.82) is 0 Å². The Kier molecular flexibility index (Phi) is 3.93. The van der Waals surface area contributed by atoms with Gasteiger partial charge in [-0.2, -0.15) is 4.31 Å². The van der Waals surface area contributed by atoms with Gasteiger partial charge in [0.2, 0.25) is 10.0 Å². The van der Waals surface area contributed by atoms with E-state index >= 15 is 0 Å². The molecule has 6 heteroatoms. The van der Waals surface area contributed by atoms with Gasteiger partial charge in [-0.15, -0.1) is 11.3 Å². The summed E-state index contributed by atoms with van der Waals surface area (Å²) in [4.78, 5) is 1.32. The van der Waals surface area contributed by atoms with Gasteiger partial charge in [-0.05, 0) is 42.1 Å². The van der Waals surface area contributed by atoms with E-state index in [4.69, 9.17) is 5.73 Å². The molecule has 1 aromatic carbocycles. The average Bonchev–Trinajstić information content (AvgIpc) is 2.81. The number of hydrogen-bond donors (Lipinski definition) is 1. The summed E-state index contributed by atoms with van der Waals surface area (Å²) in [6.45, 7) is 2.13. The third-order valence-electron chi connectivity index (χ3n) is 2.85. The molecule has 1 heterocycles. The zero-order valence-electron chi connectivity index (χ0n) is 10.8. The molecule has 0 saturated heterocycles. The number of rotatable bonds is 4. The second-order valence-electron chi connectivity index (χ2n) is 4.37. The first kappa shape index (κ1) is 14.0. The van der Waals surface area contributed by atoms with Crippen molar-refractivity contribution in [2.45, 2.75) is 18.4 Å². The molecule has 2 aromatic rings. The standard InChI is InChI=1S/C13H16N2O2S2/c1-10-8-11(14)5-6-13(10)19(16,17)15(2)9-12-4-3-7-18-12/h3-8H,9,14H2,1-2H3. The predicted octanol–water partition coefficient (Wildman–Crippen LogP) is 2.46. The first-order valence-electron chi connectivity index (χ1n) is 5.76. The Hall–Kier alpha value is -1.37. The molecule has 0 fully saturated rings. The third kappa shape index (κ3) is 2.97. The van der Waals surface area contributed by atoms with Crippen molar-refractivity contribution < 1.29 is 8.42 Å². The van der Waals surface area contributed by atoms with Crippen molar-refractivity contribution >= 4 is 27.0 Å². The van der Waals surface area contributed by atoms with Crippen LogP contribution in [-0.2, 0) is 16.6 Å². The lowest BCUT2D eigenvalue weighted by molar-refractivity contribution is 0.469. The van der Waals surface area contributed by atoms with Crippen LogP contribution in [0.4, 0.5) is 5.69 Å². The smallest absolute Gasteiger partial charge is 0.243 e. The van der Waals surface area contributed by atoms with Crippen molar-refractivity contribution in [2.75, 3.05) is 12.8 Å². The lowest BCUT2D eigenvalue weighted by atomic mass is 10.2. The van der Waals surface area contributed by atoms with Crippen molar-refractivity contribution in [3.05, 3.63) is 46.2 Å². The minimum absolute atomic E-state index is 0.306. The van der Waals surface area contributed by atoms with Crippen LogP contribution in [0.15, 0.2) is 40.6 Å². The SMILES string of the molecule is Cc1cc(N)ccc1S(=O)(=O)N(C)Cc1cccs1. The molecule has 1 aromatic heterocycles. The van der Waals surface area contributed by atoms with Gasteiger partial charge >= 0.3 is 0 Å². The summed E-state index contributed by atoms with van der Waals surface area (Å²) in [5, 5.41) is 1.93. The Balaban J connectivity index is 2.31. The van der Waals surface area contributed by atoms with Crippen LogP contribution in [-0.4, -0.2) is 19.8 Å². The summed E-state index contributed by atoms with van der Waals surface area (Å²) in [5.74, 6) is 0. The largest absolute Gasteiger partial charge is 0.399 e. The number of aryl methyl sites for hydroxylation is 1. The number of benzene rings is 1. The molecule has 2 rings (SSSR count). The van der Waals surface area contributed by atoms with Crippen LogP contribution in [0.1, 0.15) is 10.4 Å². The van der Waals surface area contributed by atoms with Gasteiger partial charge in [0.05, 0.1) is 4.90 Å². The molecule has 0 aliphatic heterocycles. The normalized spacial score (nSPS) is 11.9. The topological polar surface area (TPSA) is 63.4 Å². The van der Waals surface area contributed by atoms with Crippen LogP contribution in [0.5, 0.6) is 0 Å². The van der Waals surface area contributed by atoms with Crippen molar-refractivity contribution in [3.63, 3.8) is 0 Å². The molecule has 0 aliphatic rings. The number of sulfonamides is 1. The minimum Gasteiger partial charge on any atom is -0.399 e. The maximum Gasteiger partial charge on any atom is 0.243 e. The Bertz CT molecular complexity index is 664. The number of thiophene rings is 1. The van der Waals surface area contributed by atoms with Crippen LogP contribution < -0.4 is 5.73 Å². The van der Waals surface area contributed by atoms with Gasteiger partial charge in [0.15, 0.2) is 0 Å². The highest BCUT2D eigenvalue weighted by Gasteiger charge is 2.23. The maximum atomic E-state index is 12.5. The molecule has 0 spiro atoms. The molecule has 0 saturated carbocycles. The van der Waals surface area contributed by atoms with Gasteiger partial charge in [-0.1, -0.05) is 6.07 Å². The van der Waals surface area contributed by atoms with Crippen LogP contribution in [0, 0.1) is 6.92 Å². The summed E-state index contributed by atoms with van der Waals surface area (Å²) in [6, 6.07) is 8.68. The van der Waals surface area contributed by atoms with Crippen molar-refractivity contribution in [3.8, 4) is 0 Å². The van der Waals surface area contributed by atoms with Gasteiger partial charge in [0.1, 0.15) is 0 Å². The van der Waals surface area contributed by atoms with E-state index in [9.17, 15) is 8.42 Å². The van der Waals surface area contributed by atoms with E-state index < -0.39 is 10.0 Å². The monoisotopic (exact) mass is 296 g/mol.